The first kappa shape index (κ1) is 20.2. The highest BCUT2D eigenvalue weighted by Gasteiger charge is 2.25. The fraction of sp³-hybridized carbons (Fsp3) is 0.160. The average molecular weight is 444 g/mol. The summed E-state index contributed by atoms with van der Waals surface area (Å²) in [6.45, 7) is 1.38. The summed E-state index contributed by atoms with van der Waals surface area (Å²) in [5.41, 5.74) is 1.83. The van der Waals surface area contributed by atoms with Crippen LogP contribution in [0.5, 0.6) is 5.75 Å². The number of thiophene rings is 1. The molecule has 2 N–H and O–H groups in total. The molecule has 2 aromatic heterocycles. The SMILES string of the molecule is O=C(C(=Cc1ccc(O)cc1)c1nc2sc(-c3ccccc3)cc2c(=O)[nH]1)N1CCCC1. The van der Waals surface area contributed by atoms with Crippen molar-refractivity contribution < 1.29 is 9.90 Å². The van der Waals surface area contributed by atoms with Crippen molar-refractivity contribution >= 4 is 39.1 Å². The number of benzene rings is 2. The maximum atomic E-state index is 13.3. The Bertz CT molecular complexity index is 1370. The Hall–Kier alpha value is -3.71. The fourth-order valence-electron chi connectivity index (χ4n) is 3.86. The van der Waals surface area contributed by atoms with E-state index in [9.17, 15) is 14.7 Å². The van der Waals surface area contributed by atoms with E-state index in [2.05, 4.69) is 9.97 Å². The quantitative estimate of drug-likeness (QED) is 0.454. The monoisotopic (exact) mass is 443 g/mol. The molecule has 6 nitrogen and oxygen atoms in total. The van der Waals surface area contributed by atoms with Gasteiger partial charge in [0.05, 0.1) is 11.0 Å². The van der Waals surface area contributed by atoms with E-state index in [-0.39, 0.29) is 23.0 Å². The highest BCUT2D eigenvalue weighted by Crippen LogP contribution is 2.31. The van der Waals surface area contributed by atoms with Gasteiger partial charge in [-0.1, -0.05) is 42.5 Å². The van der Waals surface area contributed by atoms with Gasteiger partial charge in [-0.2, -0.15) is 0 Å². The number of aromatic nitrogens is 2. The number of phenolic OH excluding ortho intramolecular Hbond substituents is 1. The van der Waals surface area contributed by atoms with Gasteiger partial charge < -0.3 is 15.0 Å². The number of H-pyrrole nitrogens is 1. The van der Waals surface area contributed by atoms with Crippen LogP contribution in [0.15, 0.2) is 65.5 Å². The van der Waals surface area contributed by atoms with Crippen LogP contribution in [0.1, 0.15) is 24.2 Å². The van der Waals surface area contributed by atoms with Crippen molar-refractivity contribution in [2.75, 3.05) is 13.1 Å². The van der Waals surface area contributed by atoms with E-state index in [1.165, 1.54) is 11.3 Å². The van der Waals surface area contributed by atoms with E-state index in [0.717, 1.165) is 28.8 Å². The molecule has 0 unspecified atom stereocenters. The van der Waals surface area contributed by atoms with Gasteiger partial charge in [-0.15, -0.1) is 11.3 Å². The summed E-state index contributed by atoms with van der Waals surface area (Å²) < 4.78 is 0. The lowest BCUT2D eigenvalue weighted by Gasteiger charge is -2.17. The Labute approximate surface area is 188 Å². The van der Waals surface area contributed by atoms with Crippen molar-refractivity contribution in [3.63, 3.8) is 0 Å². The van der Waals surface area contributed by atoms with Crippen LogP contribution in [0.3, 0.4) is 0 Å². The van der Waals surface area contributed by atoms with Gasteiger partial charge in [0.15, 0.2) is 0 Å². The highest BCUT2D eigenvalue weighted by molar-refractivity contribution is 7.21. The Morgan fingerprint density at radius 1 is 1.06 bits per heavy atom. The van der Waals surface area contributed by atoms with Gasteiger partial charge in [-0.05, 0) is 48.2 Å². The topological polar surface area (TPSA) is 86.3 Å². The maximum absolute atomic E-state index is 13.3. The van der Waals surface area contributed by atoms with E-state index in [0.29, 0.717) is 28.9 Å². The van der Waals surface area contributed by atoms with Gasteiger partial charge in [-0.25, -0.2) is 4.98 Å². The minimum Gasteiger partial charge on any atom is -0.508 e. The Kier molecular flexibility index (Phi) is 5.33. The van der Waals surface area contributed by atoms with E-state index >= 15 is 0 Å². The molecule has 1 aliphatic heterocycles. The molecule has 32 heavy (non-hydrogen) atoms. The largest absolute Gasteiger partial charge is 0.508 e. The number of likely N-dealkylation sites (tertiary alicyclic amines) is 1. The molecule has 3 heterocycles. The third-order valence-corrected chi connectivity index (χ3v) is 6.62. The van der Waals surface area contributed by atoms with Crippen LogP contribution >= 0.6 is 11.3 Å². The highest BCUT2D eigenvalue weighted by atomic mass is 32.1. The summed E-state index contributed by atoms with van der Waals surface area (Å²) in [6, 6.07) is 18.3. The molecule has 0 spiro atoms. The Morgan fingerprint density at radius 3 is 2.50 bits per heavy atom. The minimum absolute atomic E-state index is 0.148. The molecule has 2 aromatic carbocycles. The predicted molar refractivity (Wildman–Crippen MR) is 127 cm³/mol. The predicted octanol–water partition coefficient (Wildman–Crippen LogP) is 4.52. The number of rotatable bonds is 4. The number of phenols is 1. The zero-order chi connectivity index (χ0) is 22.1. The number of nitrogens with zero attached hydrogens (tertiary/aromatic N) is 2. The molecule has 5 rings (SSSR count). The number of carbonyl (C=O) groups is 1. The molecule has 1 saturated heterocycles. The molecule has 160 valence electrons. The van der Waals surface area contributed by atoms with E-state index in [1.807, 2.05) is 36.4 Å². The standard InChI is InChI=1S/C25H21N3O3S/c29-18-10-8-16(9-11-18)14-19(25(31)28-12-4-5-13-28)22-26-23(30)20-15-21(32-24(20)27-22)17-6-2-1-3-7-17/h1-3,6-11,14-15,29H,4-5,12-13H2,(H,26,27,30). The number of nitrogens with one attached hydrogen (secondary N) is 1. The first-order chi connectivity index (χ1) is 15.6. The van der Waals surface area contributed by atoms with Crippen LogP contribution in [-0.4, -0.2) is 39.0 Å². The van der Waals surface area contributed by atoms with Crippen LogP contribution in [-0.2, 0) is 4.79 Å². The fourth-order valence-corrected chi connectivity index (χ4v) is 4.90. The van der Waals surface area contributed by atoms with Gasteiger partial charge >= 0.3 is 0 Å². The molecule has 1 amide bonds. The second-order valence-electron chi connectivity index (χ2n) is 7.76. The molecule has 1 fully saturated rings. The molecule has 0 aliphatic carbocycles. The maximum Gasteiger partial charge on any atom is 0.259 e. The summed E-state index contributed by atoms with van der Waals surface area (Å²) in [6.07, 6.45) is 3.65. The summed E-state index contributed by atoms with van der Waals surface area (Å²) >= 11 is 1.43. The van der Waals surface area contributed by atoms with Crippen LogP contribution in [0, 0.1) is 0 Å². The first-order valence-electron chi connectivity index (χ1n) is 10.5. The van der Waals surface area contributed by atoms with Gasteiger partial charge in [0.2, 0.25) is 0 Å². The Balaban J connectivity index is 1.63. The van der Waals surface area contributed by atoms with E-state index in [1.54, 1.807) is 35.2 Å². The van der Waals surface area contributed by atoms with Crippen molar-refractivity contribution in [3.8, 4) is 16.2 Å². The number of aromatic hydroxyl groups is 1. The average Bonchev–Trinajstić information content (AvgIpc) is 3.49. The zero-order valence-corrected chi connectivity index (χ0v) is 18.1. The molecule has 7 heteroatoms. The third kappa shape index (κ3) is 3.94. The van der Waals surface area contributed by atoms with Crippen LogP contribution in [0.4, 0.5) is 0 Å². The van der Waals surface area contributed by atoms with Gasteiger partial charge in [-0.3, -0.25) is 9.59 Å². The zero-order valence-electron chi connectivity index (χ0n) is 17.2. The molecule has 1 aliphatic rings. The van der Waals surface area contributed by atoms with Crippen molar-refractivity contribution in [1.82, 2.24) is 14.9 Å². The third-order valence-electron chi connectivity index (χ3n) is 5.54. The van der Waals surface area contributed by atoms with E-state index < -0.39 is 0 Å². The number of carbonyl (C=O) groups excluding carboxylic acids is 1. The lowest BCUT2D eigenvalue weighted by molar-refractivity contribution is -0.123. The second-order valence-corrected chi connectivity index (χ2v) is 8.79. The molecular weight excluding hydrogens is 422 g/mol. The number of amides is 1. The minimum atomic E-state index is -0.269. The van der Waals surface area contributed by atoms with Gasteiger partial charge in [0.1, 0.15) is 16.4 Å². The summed E-state index contributed by atoms with van der Waals surface area (Å²) in [4.78, 5) is 37.1. The molecule has 4 aromatic rings. The lowest BCUT2D eigenvalue weighted by atomic mass is 10.1. The van der Waals surface area contributed by atoms with Crippen LogP contribution < -0.4 is 5.56 Å². The van der Waals surface area contributed by atoms with Crippen LogP contribution in [0.2, 0.25) is 0 Å². The number of hydrogen-bond acceptors (Lipinski definition) is 5. The molecule has 0 atom stereocenters. The van der Waals surface area contributed by atoms with Gasteiger partial charge in [0.25, 0.3) is 11.5 Å². The molecule has 0 saturated carbocycles. The first-order valence-corrected chi connectivity index (χ1v) is 11.3. The molecule has 0 bridgehead atoms. The molecule has 0 radical (unpaired) electrons. The van der Waals surface area contributed by atoms with Crippen molar-refractivity contribution in [1.29, 1.82) is 0 Å². The number of fused-ring (bicyclic) bond motifs is 1. The van der Waals surface area contributed by atoms with Crippen molar-refractivity contribution in [2.45, 2.75) is 12.8 Å². The summed E-state index contributed by atoms with van der Waals surface area (Å²) in [7, 11) is 0. The summed E-state index contributed by atoms with van der Waals surface area (Å²) in [5, 5.41) is 10.1. The van der Waals surface area contributed by atoms with Crippen molar-refractivity contribution in [2.24, 2.45) is 0 Å². The van der Waals surface area contributed by atoms with Crippen molar-refractivity contribution in [3.05, 3.63) is 82.4 Å². The normalized spacial score (nSPS) is 14.2. The number of aromatic amines is 1. The van der Waals surface area contributed by atoms with E-state index in [4.69, 9.17) is 0 Å². The Morgan fingerprint density at radius 2 is 1.78 bits per heavy atom. The van der Waals surface area contributed by atoms with Crippen LogP contribution in [0.25, 0.3) is 32.3 Å². The summed E-state index contributed by atoms with van der Waals surface area (Å²) in [5.74, 6) is 0.251. The molecular formula is C25H21N3O3S. The second kappa shape index (κ2) is 8.43. The smallest absolute Gasteiger partial charge is 0.259 e. The lowest BCUT2D eigenvalue weighted by Crippen LogP contribution is -2.29. The van der Waals surface area contributed by atoms with Gasteiger partial charge in [0, 0.05) is 18.0 Å². The number of hydrogen-bond donors (Lipinski definition) is 2.